The summed E-state index contributed by atoms with van der Waals surface area (Å²) in [4.78, 5) is 54.5. The van der Waals surface area contributed by atoms with Crippen molar-refractivity contribution in [1.82, 2.24) is 14.0 Å². The maximum atomic E-state index is 13.6. The molecule has 2 aromatic carbocycles. The highest BCUT2D eigenvalue weighted by molar-refractivity contribution is 7.99. The molecular formula is C26H27N5O5S. The van der Waals surface area contributed by atoms with E-state index in [1.165, 1.54) is 30.8 Å². The van der Waals surface area contributed by atoms with Gasteiger partial charge in [0.05, 0.1) is 16.8 Å². The highest BCUT2D eigenvalue weighted by atomic mass is 32.2. The summed E-state index contributed by atoms with van der Waals surface area (Å²) in [5.41, 5.74) is -0.495. The molecule has 0 radical (unpaired) electrons. The highest BCUT2D eigenvalue weighted by Crippen LogP contribution is 2.42. The highest BCUT2D eigenvalue weighted by Gasteiger charge is 2.42. The van der Waals surface area contributed by atoms with Crippen LogP contribution >= 0.6 is 11.8 Å². The van der Waals surface area contributed by atoms with Crippen molar-refractivity contribution >= 4 is 35.0 Å². The molecule has 0 saturated carbocycles. The smallest absolute Gasteiger partial charge is 0.333 e. The molecule has 192 valence electrons. The monoisotopic (exact) mass is 521 g/mol. The Hall–Kier alpha value is -3.99. The standard InChI is InChI=1S/C26H27N5O5S/c1-6-15(7-2)31-22(32)19-17(27-28-21-24(34)29(4)26(36)30(5)25(21)35)12-13-18(20(19)23(31)33)37-16-10-8-14(3)9-11-16/h8-13,15,34H,6-7H2,1-5H3. The molecule has 0 atom stereocenters. The van der Waals surface area contributed by atoms with E-state index in [1.54, 1.807) is 12.1 Å². The summed E-state index contributed by atoms with van der Waals surface area (Å²) in [5, 5.41) is 18.3. The predicted octanol–water partition coefficient (Wildman–Crippen LogP) is 4.45. The van der Waals surface area contributed by atoms with Gasteiger partial charge in [0.1, 0.15) is 0 Å². The van der Waals surface area contributed by atoms with Crippen molar-refractivity contribution in [3.8, 4) is 5.88 Å². The third-order valence-electron chi connectivity index (χ3n) is 6.44. The number of aromatic nitrogens is 2. The van der Waals surface area contributed by atoms with E-state index in [0.717, 1.165) is 19.6 Å². The van der Waals surface area contributed by atoms with Crippen LogP contribution in [0.4, 0.5) is 11.4 Å². The Morgan fingerprint density at radius 2 is 1.49 bits per heavy atom. The number of nitrogens with zero attached hydrogens (tertiary/aromatic N) is 5. The fourth-order valence-corrected chi connectivity index (χ4v) is 5.18. The van der Waals surface area contributed by atoms with Gasteiger partial charge in [-0.05, 0) is 44.0 Å². The zero-order valence-electron chi connectivity index (χ0n) is 21.2. The Morgan fingerprint density at radius 1 is 0.865 bits per heavy atom. The molecule has 0 bridgehead atoms. The lowest BCUT2D eigenvalue weighted by atomic mass is 10.1. The summed E-state index contributed by atoms with van der Waals surface area (Å²) in [6.07, 6.45) is 1.20. The number of rotatable bonds is 7. The largest absolute Gasteiger partial charge is 0.493 e. The first-order valence-corrected chi connectivity index (χ1v) is 12.6. The minimum Gasteiger partial charge on any atom is -0.493 e. The second kappa shape index (κ2) is 10.2. The number of aromatic hydroxyl groups is 1. The van der Waals surface area contributed by atoms with Gasteiger partial charge in [0.25, 0.3) is 17.4 Å². The number of hydrogen-bond donors (Lipinski definition) is 1. The number of hydrogen-bond acceptors (Lipinski definition) is 8. The van der Waals surface area contributed by atoms with Crippen LogP contribution in [0.1, 0.15) is 53.0 Å². The summed E-state index contributed by atoms with van der Waals surface area (Å²) < 4.78 is 1.66. The van der Waals surface area contributed by atoms with Gasteiger partial charge >= 0.3 is 5.69 Å². The number of fused-ring (bicyclic) bond motifs is 1. The molecule has 1 N–H and O–H groups in total. The van der Waals surface area contributed by atoms with E-state index in [4.69, 9.17) is 0 Å². The van der Waals surface area contributed by atoms with Crippen molar-refractivity contribution in [2.24, 2.45) is 24.3 Å². The summed E-state index contributed by atoms with van der Waals surface area (Å²) in [6, 6.07) is 10.8. The molecule has 1 aromatic heterocycles. The maximum Gasteiger partial charge on any atom is 0.333 e. The van der Waals surface area contributed by atoms with Gasteiger partial charge in [-0.1, -0.05) is 43.3 Å². The van der Waals surface area contributed by atoms with E-state index in [2.05, 4.69) is 10.2 Å². The first-order valence-electron chi connectivity index (χ1n) is 11.8. The summed E-state index contributed by atoms with van der Waals surface area (Å²) in [5.74, 6) is -1.53. The van der Waals surface area contributed by atoms with Gasteiger partial charge in [0, 0.05) is 29.9 Å². The SMILES string of the molecule is CCC(CC)N1C(=O)c2c(N=Nc3c(O)n(C)c(=O)n(C)c3=O)ccc(Sc3ccc(C)cc3)c2C1=O. The molecule has 0 unspecified atom stereocenters. The third kappa shape index (κ3) is 4.50. The van der Waals surface area contributed by atoms with Crippen LogP contribution in [0, 0.1) is 6.92 Å². The molecule has 0 aliphatic carbocycles. The van der Waals surface area contributed by atoms with E-state index in [1.807, 2.05) is 45.0 Å². The topological polar surface area (TPSA) is 126 Å². The molecule has 37 heavy (non-hydrogen) atoms. The fraction of sp³-hybridized carbons (Fsp3) is 0.308. The summed E-state index contributed by atoms with van der Waals surface area (Å²) in [6.45, 7) is 5.81. The lowest BCUT2D eigenvalue weighted by molar-refractivity contribution is 0.0575. The lowest BCUT2D eigenvalue weighted by Gasteiger charge is -2.23. The van der Waals surface area contributed by atoms with E-state index in [9.17, 15) is 24.3 Å². The number of aryl methyl sites for hydroxylation is 1. The minimum absolute atomic E-state index is 0.0883. The van der Waals surface area contributed by atoms with Crippen molar-refractivity contribution in [3.63, 3.8) is 0 Å². The van der Waals surface area contributed by atoms with Gasteiger partial charge in [-0.15, -0.1) is 10.2 Å². The van der Waals surface area contributed by atoms with E-state index in [0.29, 0.717) is 17.7 Å². The van der Waals surface area contributed by atoms with E-state index in [-0.39, 0.29) is 22.9 Å². The zero-order chi connectivity index (χ0) is 27.0. The van der Waals surface area contributed by atoms with Crippen LogP contribution in [0.25, 0.3) is 0 Å². The van der Waals surface area contributed by atoms with Gasteiger partial charge in [0.2, 0.25) is 11.6 Å². The number of benzene rings is 2. The molecule has 1 aliphatic heterocycles. The molecule has 11 heteroatoms. The van der Waals surface area contributed by atoms with Gasteiger partial charge in [0.15, 0.2) is 0 Å². The van der Waals surface area contributed by atoms with Crippen LogP contribution in [0.5, 0.6) is 5.88 Å². The van der Waals surface area contributed by atoms with Crippen LogP contribution in [0.3, 0.4) is 0 Å². The number of carbonyl (C=O) groups is 2. The molecule has 2 amide bonds. The van der Waals surface area contributed by atoms with E-state index >= 15 is 0 Å². The van der Waals surface area contributed by atoms with Crippen molar-refractivity contribution in [2.45, 2.75) is 49.4 Å². The molecule has 4 rings (SSSR count). The first-order chi connectivity index (χ1) is 17.6. The molecular weight excluding hydrogens is 494 g/mol. The molecule has 10 nitrogen and oxygen atoms in total. The number of azo groups is 1. The van der Waals surface area contributed by atoms with Crippen LogP contribution in [-0.2, 0) is 14.1 Å². The second-order valence-electron chi connectivity index (χ2n) is 8.78. The van der Waals surface area contributed by atoms with Gasteiger partial charge < -0.3 is 5.11 Å². The Labute approximate surface area is 217 Å². The Bertz CT molecular complexity index is 1550. The van der Waals surface area contributed by atoms with Crippen molar-refractivity contribution in [1.29, 1.82) is 0 Å². The van der Waals surface area contributed by atoms with Crippen LogP contribution in [0.15, 0.2) is 66.0 Å². The molecule has 0 saturated heterocycles. The molecule has 0 spiro atoms. The van der Waals surface area contributed by atoms with E-state index < -0.39 is 34.6 Å². The number of carbonyl (C=O) groups excluding carboxylic acids is 2. The second-order valence-corrected chi connectivity index (χ2v) is 9.89. The average Bonchev–Trinajstić information content (AvgIpc) is 3.15. The zero-order valence-corrected chi connectivity index (χ0v) is 22.0. The van der Waals surface area contributed by atoms with Crippen LogP contribution < -0.4 is 11.2 Å². The Morgan fingerprint density at radius 3 is 2.11 bits per heavy atom. The first kappa shape index (κ1) is 26.1. The predicted molar refractivity (Wildman–Crippen MR) is 139 cm³/mol. The quantitative estimate of drug-likeness (QED) is 0.362. The molecule has 2 heterocycles. The third-order valence-corrected chi connectivity index (χ3v) is 7.50. The lowest BCUT2D eigenvalue weighted by Crippen LogP contribution is -2.39. The Balaban J connectivity index is 1.87. The number of amides is 2. The summed E-state index contributed by atoms with van der Waals surface area (Å²) in [7, 11) is 2.55. The normalized spacial score (nSPS) is 13.3. The molecule has 0 fully saturated rings. The van der Waals surface area contributed by atoms with Crippen molar-refractivity contribution in [3.05, 3.63) is 73.9 Å². The average molecular weight is 522 g/mol. The maximum absolute atomic E-state index is 13.6. The minimum atomic E-state index is -0.839. The Kier molecular flexibility index (Phi) is 7.17. The summed E-state index contributed by atoms with van der Waals surface area (Å²) >= 11 is 1.37. The van der Waals surface area contributed by atoms with Crippen molar-refractivity contribution in [2.75, 3.05) is 0 Å². The van der Waals surface area contributed by atoms with Gasteiger partial charge in [-0.2, -0.15) is 0 Å². The van der Waals surface area contributed by atoms with Gasteiger partial charge in [-0.3, -0.25) is 28.4 Å². The van der Waals surface area contributed by atoms with Crippen molar-refractivity contribution < 1.29 is 14.7 Å². The van der Waals surface area contributed by atoms with Crippen LogP contribution in [0.2, 0.25) is 0 Å². The molecule has 1 aliphatic rings. The fourth-order valence-electron chi connectivity index (χ4n) is 4.23. The number of imide groups is 1. The molecule has 3 aromatic rings. The van der Waals surface area contributed by atoms with Gasteiger partial charge in [-0.25, -0.2) is 4.79 Å². The van der Waals surface area contributed by atoms with Crippen LogP contribution in [-0.4, -0.2) is 37.0 Å².